The Morgan fingerprint density at radius 3 is 2.86 bits per heavy atom. The van der Waals surface area contributed by atoms with Crippen LogP contribution in [0.4, 0.5) is 0 Å². The SMILES string of the molecule is C[C@@H]1CNCCN1Cc1ncc(-c2ccccc2Br)o1.Cl.Cl. The maximum Gasteiger partial charge on any atom is 0.209 e. The summed E-state index contributed by atoms with van der Waals surface area (Å²) in [4.78, 5) is 6.81. The highest BCUT2D eigenvalue weighted by molar-refractivity contribution is 9.10. The fraction of sp³-hybridized carbons (Fsp3) is 0.400. The Kier molecular flexibility index (Phi) is 7.86. The minimum absolute atomic E-state index is 0. The number of rotatable bonds is 3. The van der Waals surface area contributed by atoms with Crippen LogP contribution in [0.2, 0.25) is 0 Å². The number of oxazole rings is 1. The molecule has 122 valence electrons. The van der Waals surface area contributed by atoms with Crippen molar-refractivity contribution in [2.24, 2.45) is 0 Å². The van der Waals surface area contributed by atoms with Crippen LogP contribution in [0, 0.1) is 0 Å². The molecule has 7 heteroatoms. The molecule has 1 aliphatic rings. The number of aromatic nitrogens is 1. The third-order valence-electron chi connectivity index (χ3n) is 3.67. The molecule has 22 heavy (non-hydrogen) atoms. The van der Waals surface area contributed by atoms with Gasteiger partial charge in [-0.15, -0.1) is 24.8 Å². The van der Waals surface area contributed by atoms with E-state index < -0.39 is 0 Å². The Balaban J connectivity index is 0.00000121. The molecule has 0 saturated carbocycles. The summed E-state index contributed by atoms with van der Waals surface area (Å²) in [6, 6.07) is 8.55. The summed E-state index contributed by atoms with van der Waals surface area (Å²) in [7, 11) is 0. The second-order valence-corrected chi connectivity index (χ2v) is 5.98. The summed E-state index contributed by atoms with van der Waals surface area (Å²) < 4.78 is 6.92. The lowest BCUT2D eigenvalue weighted by Gasteiger charge is -2.32. The third kappa shape index (κ3) is 4.46. The maximum atomic E-state index is 5.90. The zero-order valence-corrected chi connectivity index (χ0v) is 15.5. The molecule has 2 heterocycles. The molecule has 1 atom stereocenters. The van der Waals surface area contributed by atoms with E-state index in [1.165, 1.54) is 0 Å². The fourth-order valence-electron chi connectivity index (χ4n) is 2.46. The maximum absolute atomic E-state index is 5.90. The highest BCUT2D eigenvalue weighted by Gasteiger charge is 2.20. The Bertz CT molecular complexity index is 594. The van der Waals surface area contributed by atoms with E-state index in [1.54, 1.807) is 0 Å². The number of nitrogens with zero attached hydrogens (tertiary/aromatic N) is 2. The van der Waals surface area contributed by atoms with Gasteiger partial charge in [0.25, 0.3) is 0 Å². The highest BCUT2D eigenvalue weighted by atomic mass is 79.9. The molecule has 0 bridgehead atoms. The molecule has 1 aromatic heterocycles. The van der Waals surface area contributed by atoms with E-state index in [9.17, 15) is 0 Å². The lowest BCUT2D eigenvalue weighted by Crippen LogP contribution is -2.49. The van der Waals surface area contributed by atoms with Crippen molar-refractivity contribution in [2.75, 3.05) is 19.6 Å². The van der Waals surface area contributed by atoms with Crippen molar-refractivity contribution in [3.63, 3.8) is 0 Å². The number of piperazine rings is 1. The Morgan fingerprint density at radius 1 is 1.36 bits per heavy atom. The predicted octanol–water partition coefficient (Wildman–Crippen LogP) is 3.74. The lowest BCUT2D eigenvalue weighted by molar-refractivity contribution is 0.151. The summed E-state index contributed by atoms with van der Waals surface area (Å²) in [6.45, 7) is 6.09. The van der Waals surface area contributed by atoms with Crippen LogP contribution in [0.5, 0.6) is 0 Å². The molecule has 1 N–H and O–H groups in total. The number of hydrogen-bond acceptors (Lipinski definition) is 4. The summed E-state index contributed by atoms with van der Waals surface area (Å²) in [5.41, 5.74) is 1.04. The van der Waals surface area contributed by atoms with E-state index in [4.69, 9.17) is 4.42 Å². The van der Waals surface area contributed by atoms with Crippen molar-refractivity contribution >= 4 is 40.7 Å². The van der Waals surface area contributed by atoms with Gasteiger partial charge in [-0.25, -0.2) is 4.98 Å². The van der Waals surface area contributed by atoms with Crippen molar-refractivity contribution < 1.29 is 4.42 Å². The molecule has 3 rings (SSSR count). The van der Waals surface area contributed by atoms with Gasteiger partial charge in [0.2, 0.25) is 5.89 Å². The Morgan fingerprint density at radius 2 is 2.14 bits per heavy atom. The molecule has 0 spiro atoms. The second-order valence-electron chi connectivity index (χ2n) is 5.12. The van der Waals surface area contributed by atoms with Crippen LogP contribution < -0.4 is 5.32 Å². The standard InChI is InChI=1S/C15H18BrN3O.2ClH/c1-11-8-17-6-7-19(11)10-15-18-9-14(20-15)12-4-2-3-5-13(12)16;;/h2-5,9,11,17H,6-8,10H2,1H3;2*1H/t11-;;/m1../s1. The van der Waals surface area contributed by atoms with Crippen LogP contribution >= 0.6 is 40.7 Å². The Hall–Kier alpha value is -0.590. The Labute approximate surface area is 151 Å². The van der Waals surface area contributed by atoms with Gasteiger partial charge in [-0.1, -0.05) is 34.1 Å². The molecule has 1 saturated heterocycles. The van der Waals surface area contributed by atoms with E-state index in [0.29, 0.717) is 6.04 Å². The first-order valence-corrected chi connectivity index (χ1v) is 7.67. The second kappa shape index (κ2) is 8.89. The van der Waals surface area contributed by atoms with E-state index in [0.717, 1.165) is 47.9 Å². The molecule has 1 aliphatic heterocycles. The average molecular weight is 409 g/mol. The molecular weight excluding hydrogens is 389 g/mol. The zero-order chi connectivity index (χ0) is 13.9. The van der Waals surface area contributed by atoms with Crippen molar-refractivity contribution in [3.05, 3.63) is 40.8 Å². The molecule has 0 radical (unpaired) electrons. The largest absolute Gasteiger partial charge is 0.439 e. The molecule has 0 aliphatic carbocycles. The zero-order valence-electron chi connectivity index (χ0n) is 12.3. The van der Waals surface area contributed by atoms with Gasteiger partial charge in [0.1, 0.15) is 0 Å². The van der Waals surface area contributed by atoms with Crippen molar-refractivity contribution in [3.8, 4) is 11.3 Å². The van der Waals surface area contributed by atoms with Gasteiger partial charge in [-0.3, -0.25) is 4.90 Å². The first-order chi connectivity index (χ1) is 9.74. The third-order valence-corrected chi connectivity index (χ3v) is 4.36. The van der Waals surface area contributed by atoms with Crippen LogP contribution in [0.3, 0.4) is 0 Å². The highest BCUT2D eigenvalue weighted by Crippen LogP contribution is 2.28. The quantitative estimate of drug-likeness (QED) is 0.839. The smallest absolute Gasteiger partial charge is 0.209 e. The van der Waals surface area contributed by atoms with E-state index in [1.807, 2.05) is 30.5 Å². The van der Waals surface area contributed by atoms with Crippen LogP contribution in [-0.2, 0) is 6.54 Å². The van der Waals surface area contributed by atoms with Crippen LogP contribution in [0.25, 0.3) is 11.3 Å². The molecule has 2 aromatic rings. The van der Waals surface area contributed by atoms with Gasteiger partial charge in [0.15, 0.2) is 5.76 Å². The number of hydrogen-bond donors (Lipinski definition) is 1. The molecule has 1 aromatic carbocycles. The summed E-state index contributed by atoms with van der Waals surface area (Å²) >= 11 is 3.54. The van der Waals surface area contributed by atoms with Gasteiger partial charge >= 0.3 is 0 Å². The molecule has 4 nitrogen and oxygen atoms in total. The monoisotopic (exact) mass is 407 g/mol. The van der Waals surface area contributed by atoms with Crippen LogP contribution in [0.15, 0.2) is 39.4 Å². The average Bonchev–Trinajstić information content (AvgIpc) is 2.90. The normalized spacial score (nSPS) is 18.4. The minimum Gasteiger partial charge on any atom is -0.439 e. The van der Waals surface area contributed by atoms with E-state index >= 15 is 0 Å². The van der Waals surface area contributed by atoms with Crippen LogP contribution in [-0.4, -0.2) is 35.6 Å². The molecule has 0 amide bonds. The van der Waals surface area contributed by atoms with Gasteiger partial charge in [-0.2, -0.15) is 0 Å². The van der Waals surface area contributed by atoms with Crippen LogP contribution in [0.1, 0.15) is 12.8 Å². The predicted molar refractivity (Wildman–Crippen MR) is 96.9 cm³/mol. The summed E-state index contributed by atoms with van der Waals surface area (Å²) in [5, 5.41) is 3.39. The van der Waals surface area contributed by atoms with Crippen molar-refractivity contribution in [1.82, 2.24) is 15.2 Å². The van der Waals surface area contributed by atoms with E-state index in [-0.39, 0.29) is 24.8 Å². The van der Waals surface area contributed by atoms with Crippen molar-refractivity contribution in [1.29, 1.82) is 0 Å². The van der Waals surface area contributed by atoms with E-state index in [2.05, 4.69) is 38.1 Å². The molecule has 0 unspecified atom stereocenters. The van der Waals surface area contributed by atoms with Gasteiger partial charge in [-0.05, 0) is 13.0 Å². The summed E-state index contributed by atoms with van der Waals surface area (Å²) in [5.74, 6) is 1.60. The molecule has 1 fully saturated rings. The fourth-order valence-corrected chi connectivity index (χ4v) is 2.94. The first-order valence-electron chi connectivity index (χ1n) is 6.88. The number of nitrogens with one attached hydrogen (secondary N) is 1. The van der Waals surface area contributed by atoms with Gasteiger partial charge in [0, 0.05) is 35.7 Å². The number of halogens is 3. The summed E-state index contributed by atoms with van der Waals surface area (Å²) in [6.07, 6.45) is 1.81. The van der Waals surface area contributed by atoms with Crippen molar-refractivity contribution in [2.45, 2.75) is 19.5 Å². The van der Waals surface area contributed by atoms with Gasteiger partial charge in [0.05, 0.1) is 12.7 Å². The number of benzene rings is 1. The minimum atomic E-state index is 0. The lowest BCUT2D eigenvalue weighted by atomic mass is 10.2. The molecular formula is C15H20BrCl2N3O. The topological polar surface area (TPSA) is 41.3 Å². The first kappa shape index (κ1) is 19.5. The van der Waals surface area contributed by atoms with Gasteiger partial charge < -0.3 is 9.73 Å².